The minimum Gasteiger partial charge on any atom is -0.238 e. The topological polar surface area (TPSA) is 80.1 Å². The highest BCUT2D eigenvalue weighted by molar-refractivity contribution is 5.93. The predicted octanol–water partition coefficient (Wildman–Crippen LogP) is 22.6. The third kappa shape index (κ3) is 14.1. The first-order valence-corrected chi connectivity index (χ1v) is 40.2. The molecule has 15 aromatic rings. The average molecular weight is 1530 g/mol. The van der Waals surface area contributed by atoms with E-state index in [1.165, 1.54) is 195 Å². The third-order valence-electron chi connectivity index (χ3n) is 24.3. The molecule has 10 nitrogen and oxygen atoms in total. The Labute approximate surface area is 693 Å². The Hall–Kier alpha value is -14.6. The molecule has 10 aromatic carbocycles. The molecule has 0 atom stereocenters. The number of fused-ring (bicyclic) bond motifs is 15. The van der Waals surface area contributed by atoms with Crippen molar-refractivity contribution in [1.29, 1.82) is 10.5 Å². The summed E-state index contributed by atoms with van der Waals surface area (Å²) in [5, 5.41) is 19.1. The monoisotopic (exact) mass is 1530 g/mol. The van der Waals surface area contributed by atoms with Crippen LogP contribution in [0.5, 0.6) is 0 Å². The minimum atomic E-state index is 0.712. The largest absolute Gasteiger partial charge is 0.238 e. The molecule has 20 rings (SSSR count). The van der Waals surface area contributed by atoms with Crippen molar-refractivity contribution in [3.8, 4) is 124 Å². The summed E-state index contributed by atoms with van der Waals surface area (Å²) in [4.78, 5) is 10.9. The summed E-state index contributed by atoms with van der Waals surface area (Å²) in [6.45, 7) is 39.1. The normalized spacial score (nSPS) is 11.7. The Morgan fingerprint density at radius 3 is 1.21 bits per heavy atom. The van der Waals surface area contributed by atoms with Gasteiger partial charge in [0.1, 0.15) is 35.2 Å². The molecule has 0 unspecified atom stereocenters. The van der Waals surface area contributed by atoms with Crippen LogP contribution >= 0.6 is 0 Å². The van der Waals surface area contributed by atoms with E-state index in [0.29, 0.717) is 5.69 Å². The van der Waals surface area contributed by atoms with Gasteiger partial charge in [-0.25, -0.2) is 37.4 Å². The van der Waals surface area contributed by atoms with Crippen molar-refractivity contribution in [2.45, 2.75) is 87.5 Å². The highest BCUT2D eigenvalue weighted by atomic mass is 14.9. The van der Waals surface area contributed by atoms with E-state index >= 15 is 0 Å². The van der Waals surface area contributed by atoms with Gasteiger partial charge in [0, 0.05) is 70.3 Å². The summed E-state index contributed by atoms with van der Waals surface area (Å²) in [6, 6.07) is 82.7. The number of rotatable bonds is 5. The van der Waals surface area contributed by atoms with Gasteiger partial charge in [0.05, 0.1) is 70.8 Å². The van der Waals surface area contributed by atoms with E-state index in [4.69, 9.17) is 19.7 Å². The van der Waals surface area contributed by atoms with Crippen LogP contribution in [0, 0.1) is 97.8 Å². The standard InChI is InChI=1S/3C22H19N2.2C21H17N2/c1-14-5-10-21(24(4)13-14)22-15(2)6-8-19-18-9-7-17(23-3)11-16(18)12-20(19)22;1-14-8-11-21(24(4)13-14)22-15(2)9-10-17-16-6-5-7-20(23-3)18(16)12-19(17)22;1-14-7-10-20(24(3)13-14)21-15(2)8-9-18-19(21)11-16-5-4-6-17(12-23)22(16)18;1-14-7-10-17-18-13-16(22-2)9-8-15(18)12-19(17)21(14)20-6-4-5-11-23(20)3;1-14-11-16(13-22)21-17-8-4-3-7-15(17)12-18(21)20(14)19-9-5-6-10-23(19)2/h2*5-11,13H,12H2,1-2,4H3;4-10,13H,11H2,1-3H3;4-11,13H,12H2,1,3H3;3-11H,12H2,1-2H3/q5*+1. The van der Waals surface area contributed by atoms with Gasteiger partial charge >= 0.3 is 0 Å². The van der Waals surface area contributed by atoms with Gasteiger partial charge in [0.15, 0.2) is 48.0 Å². The van der Waals surface area contributed by atoms with Gasteiger partial charge in [-0.15, -0.1) is 0 Å². The lowest BCUT2D eigenvalue weighted by molar-refractivity contribution is -0.660. The number of aromatic nitrogens is 5. The zero-order chi connectivity index (χ0) is 82.5. The minimum absolute atomic E-state index is 0.712. The Morgan fingerprint density at radius 1 is 0.271 bits per heavy atom. The summed E-state index contributed by atoms with van der Waals surface area (Å²) >= 11 is 0. The molecule has 0 spiro atoms. The first-order chi connectivity index (χ1) is 57.2. The molecule has 0 fully saturated rings. The van der Waals surface area contributed by atoms with Gasteiger partial charge in [-0.1, -0.05) is 133 Å². The molecule has 5 aliphatic carbocycles. The maximum Gasteiger partial charge on any atom is 0.212 e. The lowest BCUT2D eigenvalue weighted by Gasteiger charge is -2.12. The fourth-order valence-electron chi connectivity index (χ4n) is 18.8. The van der Waals surface area contributed by atoms with Crippen LogP contribution in [0.25, 0.3) is 126 Å². The molecule has 5 aliphatic rings. The third-order valence-corrected chi connectivity index (χ3v) is 24.3. The lowest BCUT2D eigenvalue weighted by atomic mass is 9.90. The van der Waals surface area contributed by atoms with Crippen molar-refractivity contribution in [3.05, 3.63) is 401 Å². The smallest absolute Gasteiger partial charge is 0.212 e. The van der Waals surface area contributed by atoms with E-state index < -0.39 is 0 Å². The molecule has 0 amide bonds. The molecule has 5 heterocycles. The number of hydrogen-bond acceptors (Lipinski definition) is 2. The van der Waals surface area contributed by atoms with Gasteiger partial charge in [0.25, 0.3) is 0 Å². The molecule has 118 heavy (non-hydrogen) atoms. The molecular weight excluding hydrogens is 1440 g/mol. The summed E-state index contributed by atoms with van der Waals surface area (Å²) < 4.78 is 10.9. The molecule has 0 N–H and O–H groups in total. The van der Waals surface area contributed by atoms with Crippen LogP contribution in [-0.4, -0.2) is 0 Å². The fraction of sp³-hybridized carbons (Fsp3) is 0.167. The molecule has 5 aromatic heterocycles. The van der Waals surface area contributed by atoms with Crippen molar-refractivity contribution in [3.63, 3.8) is 0 Å². The quantitative estimate of drug-likeness (QED) is 0.127. The number of pyridine rings is 5. The Bertz CT molecular complexity index is 6950. The van der Waals surface area contributed by atoms with Crippen molar-refractivity contribution >= 4 is 17.1 Å². The van der Waals surface area contributed by atoms with Crippen molar-refractivity contribution in [1.82, 2.24) is 0 Å². The number of benzene rings is 10. The molecular formula is C108H91N10+5. The molecule has 0 saturated carbocycles. The number of aryl methyl sites for hydroxylation is 13. The van der Waals surface area contributed by atoms with Crippen LogP contribution in [0.3, 0.4) is 0 Å². The predicted molar refractivity (Wildman–Crippen MR) is 473 cm³/mol. The highest BCUT2D eigenvalue weighted by Crippen LogP contribution is 2.50. The Balaban J connectivity index is 0.000000110. The number of nitrogens with zero attached hydrogens (tertiary/aromatic N) is 10. The van der Waals surface area contributed by atoms with Crippen molar-refractivity contribution in [2.24, 2.45) is 35.2 Å². The molecule has 568 valence electrons. The Kier molecular flexibility index (Phi) is 21.0. The zero-order valence-electron chi connectivity index (χ0n) is 69.3. The Morgan fingerprint density at radius 2 is 0.678 bits per heavy atom. The summed E-state index contributed by atoms with van der Waals surface area (Å²) in [5.41, 5.74) is 51.8. The second-order valence-corrected chi connectivity index (χ2v) is 32.0. The number of nitriles is 2. The maximum absolute atomic E-state index is 9.61. The van der Waals surface area contributed by atoms with Crippen LogP contribution in [0.4, 0.5) is 17.1 Å². The fourth-order valence-corrected chi connectivity index (χ4v) is 18.8. The van der Waals surface area contributed by atoms with Gasteiger partial charge in [0.2, 0.25) is 28.5 Å². The van der Waals surface area contributed by atoms with Gasteiger partial charge in [-0.3, -0.25) is 0 Å². The molecule has 10 heteroatoms. The van der Waals surface area contributed by atoms with Gasteiger partial charge < -0.3 is 0 Å². The summed E-state index contributed by atoms with van der Waals surface area (Å²) in [6.07, 6.45) is 15.1. The molecule has 0 aliphatic heterocycles. The van der Waals surface area contributed by atoms with E-state index in [2.05, 4.69) is 335 Å². The van der Waals surface area contributed by atoms with Crippen LogP contribution < -0.4 is 22.8 Å². The SMILES string of the molecule is Cc1cc(C#N)c2c(c1-c1cccc[n+]1C)Cc1ccccc1-2.Cc1ccc(-c2c(C)ccc3c2Cc2cccc(C#N)c2-3)[n+](C)c1.[C-]#[N+]c1ccc2c(c1)-c1ccc(C)c(-c3cccc[n+]3C)c1C2.[C-]#[N+]c1ccc2c(c1)Cc1c-2ccc(C)c1-c1ccc(C)c[n+]1C.[C-]#[N+]c1cccc2c1Cc1c-2ccc(C)c1-c1ccc(C)c[n+]1C. The molecule has 0 saturated heterocycles. The van der Waals surface area contributed by atoms with Crippen LogP contribution in [0.1, 0.15) is 111 Å². The molecule has 0 radical (unpaired) electrons. The van der Waals surface area contributed by atoms with E-state index in [0.717, 1.165) is 71.3 Å². The van der Waals surface area contributed by atoms with E-state index in [9.17, 15) is 10.5 Å². The van der Waals surface area contributed by atoms with Gasteiger partial charge in [-0.2, -0.15) is 10.5 Å². The zero-order valence-corrected chi connectivity index (χ0v) is 69.3. The number of hydrogen-bond donors (Lipinski definition) is 0. The second kappa shape index (κ2) is 32.0. The van der Waals surface area contributed by atoms with Crippen molar-refractivity contribution in [2.75, 3.05) is 0 Å². The summed E-state index contributed by atoms with van der Waals surface area (Å²) in [5.74, 6) is 0. The van der Waals surface area contributed by atoms with Crippen LogP contribution in [0.2, 0.25) is 0 Å². The van der Waals surface area contributed by atoms with E-state index in [1.807, 2.05) is 60.7 Å². The summed E-state index contributed by atoms with van der Waals surface area (Å²) in [7, 11) is 10.5. The molecule has 0 bridgehead atoms. The average Bonchev–Trinajstić information content (AvgIpc) is 1.62. The first kappa shape index (κ1) is 77.3. The van der Waals surface area contributed by atoms with Crippen LogP contribution in [0.15, 0.2) is 255 Å². The van der Waals surface area contributed by atoms with E-state index in [1.54, 1.807) is 0 Å². The van der Waals surface area contributed by atoms with E-state index in [-0.39, 0.29) is 0 Å². The second-order valence-electron chi connectivity index (χ2n) is 32.0. The first-order valence-electron chi connectivity index (χ1n) is 40.2. The maximum atomic E-state index is 9.61. The van der Waals surface area contributed by atoms with Crippen molar-refractivity contribution < 1.29 is 22.8 Å². The highest BCUT2D eigenvalue weighted by Gasteiger charge is 2.34. The van der Waals surface area contributed by atoms with Gasteiger partial charge in [-0.05, 0) is 264 Å². The lowest BCUT2D eigenvalue weighted by Crippen LogP contribution is -2.31. The van der Waals surface area contributed by atoms with Crippen LogP contribution in [-0.2, 0) is 67.3 Å².